The van der Waals surface area contributed by atoms with Crippen LogP contribution in [0.2, 0.25) is 0 Å². The topological polar surface area (TPSA) is 92.7 Å². The number of hydrogen-bond acceptors (Lipinski definition) is 5. The number of hydrogen-bond donors (Lipinski definition) is 2. The molecular weight excluding hydrogens is 398 g/mol. The smallest absolute Gasteiger partial charge is 0.262 e. The molecule has 2 rings (SSSR count). The van der Waals surface area contributed by atoms with Gasteiger partial charge in [-0.05, 0) is 36.4 Å². The summed E-state index contributed by atoms with van der Waals surface area (Å²) in [6.07, 6.45) is 1.10. The number of anilines is 1. The van der Waals surface area contributed by atoms with Crippen molar-refractivity contribution in [2.45, 2.75) is 11.5 Å². The molecule has 8 heteroatoms. The van der Waals surface area contributed by atoms with Crippen molar-refractivity contribution in [2.75, 3.05) is 18.2 Å². The predicted octanol–water partition coefficient (Wildman–Crippen LogP) is 2.36. The molecule has 0 spiro atoms. The summed E-state index contributed by atoms with van der Waals surface area (Å²) in [5.41, 5.74) is 0.918. The van der Waals surface area contributed by atoms with Crippen LogP contribution in [0.1, 0.15) is 5.56 Å². The SMILES string of the molecule is CS(=O)(=O)c1cccc(NC(=O)COc2ccc(Br)cc2CO)c1. The zero-order chi connectivity index (χ0) is 17.7. The second-order valence-corrected chi connectivity index (χ2v) is 7.98. The molecule has 0 saturated heterocycles. The minimum atomic E-state index is -3.34. The highest BCUT2D eigenvalue weighted by atomic mass is 79.9. The Hall–Kier alpha value is -1.90. The highest BCUT2D eigenvalue weighted by Crippen LogP contribution is 2.23. The van der Waals surface area contributed by atoms with Crippen LogP contribution in [0.4, 0.5) is 5.69 Å². The minimum absolute atomic E-state index is 0.122. The van der Waals surface area contributed by atoms with E-state index < -0.39 is 15.7 Å². The van der Waals surface area contributed by atoms with Crippen LogP contribution >= 0.6 is 15.9 Å². The quantitative estimate of drug-likeness (QED) is 0.757. The summed E-state index contributed by atoms with van der Waals surface area (Å²) >= 11 is 3.29. The average Bonchev–Trinajstić information content (AvgIpc) is 2.53. The molecule has 0 atom stereocenters. The summed E-state index contributed by atoms with van der Waals surface area (Å²) in [6, 6.07) is 11.1. The van der Waals surface area contributed by atoms with E-state index in [1.807, 2.05) is 0 Å². The molecule has 0 aliphatic rings. The number of halogens is 1. The van der Waals surface area contributed by atoms with Crippen molar-refractivity contribution in [1.82, 2.24) is 0 Å². The normalized spacial score (nSPS) is 11.1. The van der Waals surface area contributed by atoms with E-state index in [1.165, 1.54) is 12.1 Å². The van der Waals surface area contributed by atoms with Crippen molar-refractivity contribution in [2.24, 2.45) is 0 Å². The van der Waals surface area contributed by atoms with Crippen molar-refractivity contribution in [3.05, 3.63) is 52.5 Å². The number of nitrogens with one attached hydrogen (secondary N) is 1. The molecule has 0 fully saturated rings. The van der Waals surface area contributed by atoms with Gasteiger partial charge in [-0.3, -0.25) is 4.79 Å². The molecule has 0 aliphatic heterocycles. The van der Waals surface area contributed by atoms with Crippen LogP contribution in [0.5, 0.6) is 5.75 Å². The summed E-state index contributed by atoms with van der Waals surface area (Å²) in [5, 5.41) is 11.9. The number of rotatable bonds is 6. The van der Waals surface area contributed by atoms with Gasteiger partial charge in [-0.25, -0.2) is 8.42 Å². The third-order valence-electron chi connectivity index (χ3n) is 3.10. The molecule has 6 nitrogen and oxygen atoms in total. The third kappa shape index (κ3) is 5.05. The van der Waals surface area contributed by atoms with Gasteiger partial charge < -0.3 is 15.2 Å². The van der Waals surface area contributed by atoms with Crippen LogP contribution in [0.15, 0.2) is 51.8 Å². The van der Waals surface area contributed by atoms with Crippen LogP contribution in [0.25, 0.3) is 0 Å². The van der Waals surface area contributed by atoms with Crippen LogP contribution in [0, 0.1) is 0 Å². The molecule has 0 radical (unpaired) electrons. The van der Waals surface area contributed by atoms with E-state index in [0.717, 1.165) is 10.7 Å². The Kier molecular flexibility index (Phi) is 5.98. The molecule has 0 unspecified atom stereocenters. The van der Waals surface area contributed by atoms with Gasteiger partial charge in [0.05, 0.1) is 11.5 Å². The minimum Gasteiger partial charge on any atom is -0.483 e. The first-order chi connectivity index (χ1) is 11.3. The Morgan fingerprint density at radius 2 is 2.00 bits per heavy atom. The van der Waals surface area contributed by atoms with Crippen molar-refractivity contribution in [3.8, 4) is 5.75 Å². The summed E-state index contributed by atoms with van der Waals surface area (Å²) < 4.78 is 29.2. The molecular formula is C16H16BrNO5S. The lowest BCUT2D eigenvalue weighted by molar-refractivity contribution is -0.118. The van der Waals surface area contributed by atoms with Gasteiger partial charge >= 0.3 is 0 Å². The Balaban J connectivity index is 2.02. The van der Waals surface area contributed by atoms with Crippen LogP contribution in [0.3, 0.4) is 0 Å². The first-order valence-corrected chi connectivity index (χ1v) is 9.60. The van der Waals surface area contributed by atoms with Gasteiger partial charge in [0.25, 0.3) is 5.91 Å². The predicted molar refractivity (Wildman–Crippen MR) is 93.7 cm³/mol. The number of sulfone groups is 1. The monoisotopic (exact) mass is 413 g/mol. The summed E-state index contributed by atoms with van der Waals surface area (Å²) in [5.74, 6) is -0.0341. The molecule has 2 aromatic rings. The molecule has 24 heavy (non-hydrogen) atoms. The van der Waals surface area contributed by atoms with Gasteiger partial charge in [0.15, 0.2) is 16.4 Å². The molecule has 0 saturated carbocycles. The zero-order valence-corrected chi connectivity index (χ0v) is 15.2. The van der Waals surface area contributed by atoms with E-state index in [4.69, 9.17) is 4.74 Å². The van der Waals surface area contributed by atoms with E-state index in [-0.39, 0.29) is 18.1 Å². The van der Waals surface area contributed by atoms with Crippen molar-refractivity contribution < 1.29 is 23.1 Å². The van der Waals surface area contributed by atoms with Crippen molar-refractivity contribution in [3.63, 3.8) is 0 Å². The molecule has 2 aromatic carbocycles. The fraction of sp³-hybridized carbons (Fsp3) is 0.188. The lowest BCUT2D eigenvalue weighted by Gasteiger charge is -2.11. The van der Waals surface area contributed by atoms with Crippen LogP contribution in [-0.2, 0) is 21.2 Å². The Bertz CT molecular complexity index is 851. The molecule has 0 bridgehead atoms. The lowest BCUT2D eigenvalue weighted by atomic mass is 10.2. The maximum Gasteiger partial charge on any atom is 0.262 e. The molecule has 0 aliphatic carbocycles. The fourth-order valence-electron chi connectivity index (χ4n) is 1.96. The highest BCUT2D eigenvalue weighted by Gasteiger charge is 2.10. The van der Waals surface area contributed by atoms with Gasteiger partial charge in [0.2, 0.25) is 0 Å². The Morgan fingerprint density at radius 3 is 2.67 bits per heavy atom. The number of carbonyl (C=O) groups excluding carboxylic acids is 1. The molecule has 0 heterocycles. The van der Waals surface area contributed by atoms with Gasteiger partial charge in [0.1, 0.15) is 5.75 Å². The molecule has 2 N–H and O–H groups in total. The van der Waals surface area contributed by atoms with E-state index in [2.05, 4.69) is 21.2 Å². The largest absolute Gasteiger partial charge is 0.483 e. The average molecular weight is 414 g/mol. The summed E-state index contributed by atoms with van der Waals surface area (Å²) in [6.45, 7) is -0.482. The lowest BCUT2D eigenvalue weighted by Crippen LogP contribution is -2.20. The van der Waals surface area contributed by atoms with E-state index in [9.17, 15) is 18.3 Å². The standard InChI is InChI=1S/C16H16BrNO5S/c1-24(21,22)14-4-2-3-13(8-14)18-16(20)10-23-15-6-5-12(17)7-11(15)9-19/h2-8,19H,9-10H2,1H3,(H,18,20). The second kappa shape index (κ2) is 7.78. The maximum atomic E-state index is 12.0. The van der Waals surface area contributed by atoms with Crippen LogP contribution in [-0.4, -0.2) is 32.3 Å². The first kappa shape index (κ1) is 18.4. The van der Waals surface area contributed by atoms with Crippen LogP contribution < -0.4 is 10.1 Å². The van der Waals surface area contributed by atoms with E-state index in [0.29, 0.717) is 17.0 Å². The number of ether oxygens (including phenoxy) is 1. The molecule has 0 aromatic heterocycles. The maximum absolute atomic E-state index is 12.0. The van der Waals surface area contributed by atoms with Crippen molar-refractivity contribution >= 4 is 37.4 Å². The van der Waals surface area contributed by atoms with E-state index in [1.54, 1.807) is 30.3 Å². The van der Waals surface area contributed by atoms with Crippen molar-refractivity contribution in [1.29, 1.82) is 0 Å². The number of benzene rings is 2. The summed E-state index contributed by atoms with van der Waals surface area (Å²) in [7, 11) is -3.34. The number of amides is 1. The number of aliphatic hydroxyl groups is 1. The summed E-state index contributed by atoms with van der Waals surface area (Å²) in [4.78, 5) is 12.1. The van der Waals surface area contributed by atoms with E-state index >= 15 is 0 Å². The number of aliphatic hydroxyl groups excluding tert-OH is 1. The Morgan fingerprint density at radius 1 is 1.25 bits per heavy atom. The zero-order valence-electron chi connectivity index (χ0n) is 12.8. The Labute approximate surface area is 148 Å². The van der Waals surface area contributed by atoms with Gasteiger partial charge in [-0.15, -0.1) is 0 Å². The fourth-order valence-corrected chi connectivity index (χ4v) is 3.03. The third-order valence-corrected chi connectivity index (χ3v) is 4.70. The second-order valence-electron chi connectivity index (χ2n) is 5.05. The van der Waals surface area contributed by atoms with Gasteiger partial charge in [-0.1, -0.05) is 22.0 Å². The van der Waals surface area contributed by atoms with Gasteiger partial charge in [-0.2, -0.15) is 0 Å². The van der Waals surface area contributed by atoms with Gasteiger partial charge in [0, 0.05) is 22.0 Å². The first-order valence-electron chi connectivity index (χ1n) is 6.91. The molecule has 128 valence electrons. The molecule has 1 amide bonds. The highest BCUT2D eigenvalue weighted by molar-refractivity contribution is 9.10. The number of carbonyl (C=O) groups is 1.